The highest BCUT2D eigenvalue weighted by Gasteiger charge is 2.01. The second-order valence-electron chi connectivity index (χ2n) is 3.78. The number of guanidine groups is 1. The molecule has 0 saturated heterocycles. The summed E-state index contributed by atoms with van der Waals surface area (Å²) < 4.78 is 0. The van der Waals surface area contributed by atoms with E-state index < -0.39 is 0 Å². The Bertz CT molecular complexity index is 508. The molecule has 0 bridgehead atoms. The molecule has 0 aliphatic rings. The van der Waals surface area contributed by atoms with Gasteiger partial charge >= 0.3 is 0 Å². The summed E-state index contributed by atoms with van der Waals surface area (Å²) in [7, 11) is 1.77. The number of aryl methyl sites for hydroxylation is 1. The number of nitrogens with one attached hydrogen (secondary N) is 2. The van der Waals surface area contributed by atoms with Crippen LogP contribution in [0.15, 0.2) is 28.0 Å². The summed E-state index contributed by atoms with van der Waals surface area (Å²) in [6.45, 7) is 3.56. The summed E-state index contributed by atoms with van der Waals surface area (Å²) >= 11 is 3.40. The second-order valence-corrected chi connectivity index (χ2v) is 5.87. The highest BCUT2D eigenvalue weighted by Crippen LogP contribution is 2.10. The van der Waals surface area contributed by atoms with Crippen molar-refractivity contribution in [1.82, 2.24) is 15.6 Å². The summed E-state index contributed by atoms with van der Waals surface area (Å²) in [4.78, 5) is 9.72. The number of rotatable bonds is 4. The molecule has 0 amide bonds. The zero-order valence-corrected chi connectivity index (χ0v) is 14.8. The molecule has 0 unspecified atom stereocenters. The van der Waals surface area contributed by atoms with Crippen LogP contribution in [0, 0.1) is 6.92 Å². The Balaban J connectivity index is 0.00000180. The van der Waals surface area contributed by atoms with Gasteiger partial charge in [-0.05, 0) is 29.3 Å². The van der Waals surface area contributed by atoms with Crippen molar-refractivity contribution >= 4 is 52.6 Å². The van der Waals surface area contributed by atoms with Crippen LogP contribution in [0.25, 0.3) is 0 Å². The lowest BCUT2D eigenvalue weighted by molar-refractivity contribution is 0.806. The molecular weight excluding hydrogens is 391 g/mol. The fraction of sp³-hybridized carbons (Fsp3) is 0.333. The Hall–Kier alpha value is -0.670. The maximum Gasteiger partial charge on any atom is 0.191 e. The van der Waals surface area contributed by atoms with E-state index in [1.165, 1.54) is 10.4 Å². The van der Waals surface area contributed by atoms with Gasteiger partial charge in [-0.15, -0.1) is 35.3 Å². The topological polar surface area (TPSA) is 49.3 Å². The predicted octanol–water partition coefficient (Wildman–Crippen LogP) is 3.00. The van der Waals surface area contributed by atoms with Crippen molar-refractivity contribution in [3.63, 3.8) is 0 Å². The van der Waals surface area contributed by atoms with Crippen molar-refractivity contribution < 1.29 is 0 Å². The van der Waals surface area contributed by atoms with E-state index >= 15 is 0 Å². The molecule has 0 saturated carbocycles. The third-order valence-electron chi connectivity index (χ3n) is 2.34. The molecule has 4 nitrogen and oxygen atoms in total. The van der Waals surface area contributed by atoms with Gasteiger partial charge in [0.1, 0.15) is 5.01 Å². The van der Waals surface area contributed by atoms with Crippen molar-refractivity contribution in [2.45, 2.75) is 20.0 Å². The third-order valence-corrected chi connectivity index (χ3v) is 3.98. The number of thiazole rings is 1. The van der Waals surface area contributed by atoms with Gasteiger partial charge in [-0.1, -0.05) is 0 Å². The van der Waals surface area contributed by atoms with Crippen LogP contribution in [0.2, 0.25) is 0 Å². The van der Waals surface area contributed by atoms with E-state index in [1.807, 2.05) is 6.20 Å². The summed E-state index contributed by atoms with van der Waals surface area (Å²) in [5, 5.41) is 11.8. The molecule has 2 N–H and O–H groups in total. The molecule has 0 radical (unpaired) electrons. The lowest BCUT2D eigenvalue weighted by Crippen LogP contribution is -2.36. The molecule has 19 heavy (non-hydrogen) atoms. The number of nitrogens with zero attached hydrogens (tertiary/aromatic N) is 2. The van der Waals surface area contributed by atoms with Crippen molar-refractivity contribution in [2.75, 3.05) is 7.05 Å². The zero-order valence-electron chi connectivity index (χ0n) is 10.8. The molecule has 2 heterocycles. The summed E-state index contributed by atoms with van der Waals surface area (Å²) in [5.41, 5.74) is 1.27. The fourth-order valence-corrected chi connectivity index (χ4v) is 2.84. The van der Waals surface area contributed by atoms with Gasteiger partial charge in [0, 0.05) is 24.7 Å². The first-order valence-corrected chi connectivity index (χ1v) is 7.41. The molecule has 0 spiro atoms. The van der Waals surface area contributed by atoms with Crippen molar-refractivity contribution in [2.24, 2.45) is 4.99 Å². The van der Waals surface area contributed by atoms with E-state index in [0.29, 0.717) is 6.54 Å². The SMILES string of the molecule is CN=C(NCc1ccsc1)NCc1ncc(C)s1.I. The predicted molar refractivity (Wildman–Crippen MR) is 93.6 cm³/mol. The van der Waals surface area contributed by atoms with Crippen molar-refractivity contribution in [3.8, 4) is 0 Å². The largest absolute Gasteiger partial charge is 0.352 e. The monoisotopic (exact) mass is 408 g/mol. The first-order chi connectivity index (χ1) is 8.78. The maximum absolute atomic E-state index is 4.31. The number of halogens is 1. The summed E-state index contributed by atoms with van der Waals surface area (Å²) in [6.07, 6.45) is 1.89. The summed E-state index contributed by atoms with van der Waals surface area (Å²) in [5.74, 6) is 0.800. The number of hydrogen-bond donors (Lipinski definition) is 2. The molecule has 2 aromatic rings. The highest BCUT2D eigenvalue weighted by molar-refractivity contribution is 14.0. The fourth-order valence-electron chi connectivity index (χ4n) is 1.44. The Kier molecular flexibility index (Phi) is 7.32. The van der Waals surface area contributed by atoms with Gasteiger partial charge in [-0.25, -0.2) is 4.98 Å². The number of aromatic nitrogens is 1. The smallest absolute Gasteiger partial charge is 0.191 e. The molecule has 2 rings (SSSR count). The van der Waals surface area contributed by atoms with Gasteiger partial charge in [0.2, 0.25) is 0 Å². The zero-order chi connectivity index (χ0) is 12.8. The van der Waals surface area contributed by atoms with E-state index in [9.17, 15) is 0 Å². The molecule has 7 heteroatoms. The third kappa shape index (κ3) is 5.45. The maximum atomic E-state index is 4.31. The lowest BCUT2D eigenvalue weighted by Gasteiger charge is -2.09. The molecular formula is C12H17IN4S2. The molecule has 0 aliphatic heterocycles. The van der Waals surface area contributed by atoms with E-state index in [4.69, 9.17) is 0 Å². The molecule has 0 atom stereocenters. The summed E-state index contributed by atoms with van der Waals surface area (Å²) in [6, 6.07) is 2.11. The van der Waals surface area contributed by atoms with Gasteiger partial charge in [0.05, 0.1) is 6.54 Å². The van der Waals surface area contributed by atoms with Crippen LogP contribution in [-0.4, -0.2) is 18.0 Å². The number of aliphatic imine (C=N–C) groups is 1. The van der Waals surface area contributed by atoms with Gasteiger partial charge < -0.3 is 10.6 Å². The lowest BCUT2D eigenvalue weighted by atomic mass is 10.3. The van der Waals surface area contributed by atoms with E-state index in [2.05, 4.69) is 44.4 Å². The van der Waals surface area contributed by atoms with Crippen LogP contribution in [0.5, 0.6) is 0 Å². The van der Waals surface area contributed by atoms with E-state index in [1.54, 1.807) is 29.7 Å². The number of thiophene rings is 1. The first-order valence-electron chi connectivity index (χ1n) is 5.65. The Morgan fingerprint density at radius 1 is 1.37 bits per heavy atom. The Morgan fingerprint density at radius 3 is 2.74 bits per heavy atom. The van der Waals surface area contributed by atoms with Gasteiger partial charge in [-0.3, -0.25) is 4.99 Å². The average Bonchev–Trinajstić information content (AvgIpc) is 3.01. The van der Waals surface area contributed by atoms with E-state index in [-0.39, 0.29) is 24.0 Å². The van der Waals surface area contributed by atoms with Gasteiger partial charge in [0.15, 0.2) is 5.96 Å². The minimum atomic E-state index is 0. The highest BCUT2D eigenvalue weighted by atomic mass is 127. The standard InChI is InChI=1S/C12H16N4S2.HI/c1-9-5-14-11(18-9)7-16-12(13-2)15-6-10-3-4-17-8-10;/h3-5,8H,6-7H2,1-2H3,(H2,13,15,16);1H. The molecule has 2 aromatic heterocycles. The quantitative estimate of drug-likeness (QED) is 0.465. The first kappa shape index (κ1) is 16.4. The van der Waals surface area contributed by atoms with Crippen molar-refractivity contribution in [3.05, 3.63) is 38.5 Å². The number of hydrogen-bond acceptors (Lipinski definition) is 4. The Morgan fingerprint density at radius 2 is 2.16 bits per heavy atom. The van der Waals surface area contributed by atoms with Crippen LogP contribution < -0.4 is 10.6 Å². The molecule has 0 aromatic carbocycles. The minimum absolute atomic E-state index is 0. The second kappa shape index (κ2) is 8.49. The van der Waals surface area contributed by atoms with Crippen LogP contribution in [0.3, 0.4) is 0 Å². The van der Waals surface area contributed by atoms with E-state index in [0.717, 1.165) is 17.5 Å². The van der Waals surface area contributed by atoms with Gasteiger partial charge in [0.25, 0.3) is 0 Å². The van der Waals surface area contributed by atoms with Crippen LogP contribution in [-0.2, 0) is 13.1 Å². The molecule has 104 valence electrons. The Labute approximate surface area is 138 Å². The molecule has 0 aliphatic carbocycles. The molecule has 0 fully saturated rings. The van der Waals surface area contributed by atoms with Crippen LogP contribution >= 0.6 is 46.7 Å². The van der Waals surface area contributed by atoms with Crippen LogP contribution in [0.1, 0.15) is 15.4 Å². The van der Waals surface area contributed by atoms with Gasteiger partial charge in [-0.2, -0.15) is 11.3 Å². The van der Waals surface area contributed by atoms with Crippen molar-refractivity contribution in [1.29, 1.82) is 0 Å². The van der Waals surface area contributed by atoms with Crippen LogP contribution in [0.4, 0.5) is 0 Å². The minimum Gasteiger partial charge on any atom is -0.352 e. The normalized spacial score (nSPS) is 10.9. The average molecular weight is 408 g/mol.